The van der Waals surface area contributed by atoms with Crippen molar-refractivity contribution in [1.82, 2.24) is 9.55 Å². The van der Waals surface area contributed by atoms with Gasteiger partial charge >= 0.3 is 23.9 Å². The van der Waals surface area contributed by atoms with Gasteiger partial charge in [-0.05, 0) is 142 Å². The molecule has 0 spiro atoms. The maximum atomic E-state index is 12.8. The van der Waals surface area contributed by atoms with Crippen LogP contribution in [-0.2, 0) is 76.3 Å². The van der Waals surface area contributed by atoms with Gasteiger partial charge in [0.05, 0.1) is 77.4 Å². The third-order valence-electron chi connectivity index (χ3n) is 15.8. The number of hydrogen-bond donors (Lipinski definition) is 5. The van der Waals surface area contributed by atoms with Crippen LogP contribution in [0.15, 0.2) is 240 Å². The van der Waals surface area contributed by atoms with E-state index >= 15 is 0 Å². The number of nitrogens with one attached hydrogen (secondary N) is 2. The average molecular weight is 1900 g/mol. The quantitative estimate of drug-likeness (QED) is 0.0176. The third-order valence-corrected chi connectivity index (χ3v) is 17.1. The van der Waals surface area contributed by atoms with Crippen LogP contribution in [0.2, 0.25) is 0 Å². The maximum absolute atomic E-state index is 12.8. The Morgan fingerprint density at radius 3 is 1.18 bits per heavy atom. The van der Waals surface area contributed by atoms with Crippen molar-refractivity contribution >= 4 is 123 Å². The van der Waals surface area contributed by atoms with Crippen molar-refractivity contribution in [2.75, 3.05) is 57.1 Å². The molecule has 0 radical (unpaired) electrons. The Labute approximate surface area is 772 Å². The standard InChI is InChI=1S/C19H19NO4.C15H15NO3.C15H13NO2.C9H12O.C8H9Br.C8H10.C7H7NO2.C4H7IO2.10C2H6/c1-3-24-17(21)11-20-16-10-5-4-8-14(16)19(22)15-9-6-7-13(12-23-2)18(15)20;1-19-10-11-6-2-4-8-13(11)16-14-9-5-3-7-12(14)15(17)18;1-18-9-10-5-4-7-12-14(10)16-13-8-3-2-6-11(13)15(12)17;1-8-5-3-4-6-9(8)7-10-2;1-7-4-2-3-5-8(7)6-9;1-7-5-3-4-6-8(7)2;8-6-4-2-1-3-5(6)7(9)10;1-2-7-4(6)3-5;10*1-2/h4-10H,3,11-12H2,1-2H3;2-9,16H,10H2,1H3,(H,17,18);2-8H,9H2,1H3,(H,16,17);3-6H,7H2,1-2H3;2-5H,6H2,1H3;3-6H,1-2H3;1-4H,8H2,(H,9,10);2-3H2,1H3;10*1-2H3. The summed E-state index contributed by atoms with van der Waals surface area (Å²) in [6.07, 6.45) is 0. The molecule has 690 valence electrons. The molecule has 0 aliphatic heterocycles. The van der Waals surface area contributed by atoms with Gasteiger partial charge in [-0.1, -0.05) is 341 Å². The molecule has 0 aliphatic carbocycles. The Kier molecular flexibility index (Phi) is 83.5. The van der Waals surface area contributed by atoms with Crippen molar-refractivity contribution in [3.05, 3.63) is 312 Å². The molecule has 0 unspecified atom stereocenters. The number of nitrogen functional groups attached to an aromatic ring is 1. The fourth-order valence-corrected chi connectivity index (χ4v) is 11.3. The van der Waals surface area contributed by atoms with E-state index < -0.39 is 11.9 Å². The van der Waals surface area contributed by atoms with E-state index in [9.17, 15) is 28.8 Å². The zero-order valence-corrected chi connectivity index (χ0v) is 84.6. The summed E-state index contributed by atoms with van der Waals surface area (Å²) in [6.45, 7) is 54.9. The summed E-state index contributed by atoms with van der Waals surface area (Å²) >= 11 is 5.37. The van der Waals surface area contributed by atoms with Crippen LogP contribution in [0.25, 0.3) is 43.6 Å². The summed E-state index contributed by atoms with van der Waals surface area (Å²) in [5.74, 6) is -2.41. The number of nitrogens with zero attached hydrogens (tertiary/aromatic N) is 1. The molecule has 6 N–H and O–H groups in total. The summed E-state index contributed by atoms with van der Waals surface area (Å²) < 4.78 is 32.5. The van der Waals surface area contributed by atoms with Crippen LogP contribution in [-0.4, -0.2) is 89.7 Å². The van der Waals surface area contributed by atoms with Gasteiger partial charge < -0.3 is 59.2 Å². The lowest BCUT2D eigenvalue weighted by Crippen LogP contribution is -2.19. The number of nitrogens with two attached hydrogens (primary N) is 1. The van der Waals surface area contributed by atoms with Gasteiger partial charge in [-0.25, -0.2) is 9.59 Å². The van der Waals surface area contributed by atoms with Crippen molar-refractivity contribution in [1.29, 1.82) is 0 Å². The number of benzene rings is 10. The highest BCUT2D eigenvalue weighted by Crippen LogP contribution is 2.27. The highest BCUT2D eigenvalue weighted by atomic mass is 127. The van der Waals surface area contributed by atoms with Crippen molar-refractivity contribution in [2.24, 2.45) is 0 Å². The van der Waals surface area contributed by atoms with Crippen LogP contribution in [0.1, 0.15) is 223 Å². The number of hydrogen-bond acceptors (Lipinski definition) is 14. The van der Waals surface area contributed by atoms with E-state index in [0.29, 0.717) is 77.1 Å². The van der Waals surface area contributed by atoms with Crippen molar-refractivity contribution in [3.8, 4) is 0 Å². The van der Waals surface area contributed by atoms with E-state index in [1.54, 1.807) is 96.9 Å². The second kappa shape index (κ2) is 83.2. The first kappa shape index (κ1) is 125. The molecule has 0 amide bonds. The number of aromatic amines is 1. The third kappa shape index (κ3) is 48.1. The van der Waals surface area contributed by atoms with E-state index in [1.807, 2.05) is 275 Å². The van der Waals surface area contributed by atoms with Crippen LogP contribution >= 0.6 is 38.5 Å². The molecule has 0 atom stereocenters. The number of rotatable bonds is 18. The molecule has 0 aliphatic rings. The van der Waals surface area contributed by atoms with Gasteiger partial charge in [-0.3, -0.25) is 19.2 Å². The number of anilines is 3. The van der Waals surface area contributed by atoms with Gasteiger partial charge in [-0.15, -0.1) is 0 Å². The fourth-order valence-electron chi connectivity index (χ4n) is 10.4. The van der Waals surface area contributed by atoms with Gasteiger partial charge in [0.1, 0.15) is 6.54 Å². The average Bonchev–Trinajstić information content (AvgIpc) is 0.756. The molecule has 0 saturated carbocycles. The number of para-hydroxylation sites is 7. The molecule has 12 rings (SSSR count). The van der Waals surface area contributed by atoms with E-state index in [2.05, 4.69) is 119 Å². The number of carboxylic acids is 2. The number of aryl methyl sites for hydroxylation is 4. The van der Waals surface area contributed by atoms with Gasteiger partial charge in [0.2, 0.25) is 0 Å². The first-order valence-corrected chi connectivity index (χ1v) is 46.2. The Morgan fingerprint density at radius 2 is 0.744 bits per heavy atom. The molecule has 0 bridgehead atoms. The second-order valence-electron chi connectivity index (χ2n) is 23.2. The summed E-state index contributed by atoms with van der Waals surface area (Å²) in [6, 6.07) is 71.9. The highest BCUT2D eigenvalue weighted by molar-refractivity contribution is 14.1. The number of aromatic nitrogens is 2. The van der Waals surface area contributed by atoms with Gasteiger partial charge in [0, 0.05) is 88.9 Å². The molecule has 0 saturated heterocycles. The van der Waals surface area contributed by atoms with E-state index in [1.165, 1.54) is 39.4 Å². The molecule has 18 nitrogen and oxygen atoms in total. The second-order valence-corrected chi connectivity index (χ2v) is 24.5. The maximum Gasteiger partial charge on any atom is 0.337 e. The number of esters is 2. The molecule has 2 heterocycles. The van der Waals surface area contributed by atoms with Crippen LogP contribution in [0, 0.1) is 27.7 Å². The number of aromatic carboxylic acids is 2. The van der Waals surface area contributed by atoms with Gasteiger partial charge in [0.15, 0.2) is 10.9 Å². The molecule has 20 heteroatoms. The Hall–Kier alpha value is -10.3. The highest BCUT2D eigenvalue weighted by Gasteiger charge is 2.17. The van der Waals surface area contributed by atoms with Crippen molar-refractivity contribution in [2.45, 2.75) is 218 Å². The normalized spacial score (nSPS) is 9.02. The minimum Gasteiger partial charge on any atom is -0.478 e. The minimum absolute atomic E-state index is 0.0429. The zero-order chi connectivity index (χ0) is 96.6. The summed E-state index contributed by atoms with van der Waals surface area (Å²) in [5.41, 5.74) is 21.5. The van der Waals surface area contributed by atoms with E-state index in [0.717, 1.165) is 49.6 Å². The van der Waals surface area contributed by atoms with Crippen LogP contribution in [0.3, 0.4) is 0 Å². The zero-order valence-electron chi connectivity index (χ0n) is 80.9. The predicted molar refractivity (Wildman–Crippen MR) is 548 cm³/mol. The molecule has 0 fully saturated rings. The van der Waals surface area contributed by atoms with Gasteiger partial charge in [-0.2, -0.15) is 0 Å². The number of carboxylic acid groups (broad SMARTS) is 2. The van der Waals surface area contributed by atoms with E-state index in [-0.39, 0.29) is 40.5 Å². The number of ether oxygens (including phenoxy) is 6. The number of methoxy groups -OCH3 is 4. The molecular weight excluding hydrogens is 1750 g/mol. The van der Waals surface area contributed by atoms with Crippen molar-refractivity contribution in [3.63, 3.8) is 0 Å². The number of fused-ring (bicyclic) bond motifs is 4. The van der Waals surface area contributed by atoms with Crippen LogP contribution < -0.4 is 21.9 Å². The smallest absolute Gasteiger partial charge is 0.337 e. The molecule has 125 heavy (non-hydrogen) atoms. The largest absolute Gasteiger partial charge is 0.478 e. The number of carbonyl (C=O) groups is 4. The Morgan fingerprint density at radius 1 is 0.392 bits per heavy atom. The first-order chi connectivity index (χ1) is 60.7. The number of carbonyl (C=O) groups excluding carboxylic acids is 2. The Balaban J connectivity index is -0.000000323. The lowest BCUT2D eigenvalue weighted by atomic mass is 10.1. The lowest BCUT2D eigenvalue weighted by Gasteiger charge is -2.17. The fraction of sp³-hybridized carbons (Fsp3) is 0.371. The molecule has 10 aromatic carbocycles. The predicted octanol–water partition coefficient (Wildman–Crippen LogP) is 28.5. The van der Waals surface area contributed by atoms with Crippen LogP contribution in [0.4, 0.5) is 17.1 Å². The number of alkyl halides is 2. The summed E-state index contributed by atoms with van der Waals surface area (Å²) in [5, 5.41) is 24.3. The monoisotopic (exact) mass is 1900 g/mol. The topological polar surface area (TPSA) is 257 Å². The SMILES string of the molecule is CC.CC.CC.CC.CC.CC.CC.CC.CC.CC.CCOC(=O)CI.CCOC(=O)Cn1c2ccccc2c(=O)c2cccc(COC)c21.COCc1cccc2c(=O)c3ccccc3[nH]c12.COCc1ccccc1C.COCc1ccccc1Nc1ccccc1C(=O)O.Cc1ccccc1C.Cc1ccccc1CBr.Nc1ccccc1C(=O)O. The number of H-pyrrole nitrogens is 1. The lowest BCUT2D eigenvalue weighted by molar-refractivity contribution is -0.143. The molecular formula is C105H152BrIN4O14. The van der Waals surface area contributed by atoms with Crippen molar-refractivity contribution < 1.29 is 57.8 Å². The van der Waals surface area contributed by atoms with Crippen LogP contribution in [0.5, 0.6) is 0 Å². The number of pyridine rings is 2. The minimum atomic E-state index is -0.988. The first-order valence-electron chi connectivity index (χ1n) is 43.5. The van der Waals surface area contributed by atoms with Gasteiger partial charge in [0.25, 0.3) is 0 Å². The summed E-state index contributed by atoms with van der Waals surface area (Å²) in [7, 11) is 6.60. The molecule has 2 aromatic heterocycles. The number of halogens is 2. The van der Waals surface area contributed by atoms with E-state index in [4.69, 9.17) is 39.6 Å². The Bertz CT molecular complexity index is 4870. The molecule has 12 aromatic rings. The summed E-state index contributed by atoms with van der Waals surface area (Å²) in [4.78, 5) is 72.3.